The molecule has 1 saturated carbocycles. The van der Waals surface area contributed by atoms with Crippen molar-refractivity contribution in [3.05, 3.63) is 89.8 Å². The molecule has 1 aromatic heterocycles. The fourth-order valence-corrected chi connectivity index (χ4v) is 4.87. The Hall–Kier alpha value is -3.36. The van der Waals surface area contributed by atoms with Gasteiger partial charge in [-0.1, -0.05) is 30.3 Å². The largest absolute Gasteiger partial charge is 0.487 e. The summed E-state index contributed by atoms with van der Waals surface area (Å²) in [4.78, 5) is 22.9. The van der Waals surface area contributed by atoms with E-state index in [1.807, 2.05) is 12.1 Å². The van der Waals surface area contributed by atoms with E-state index in [1.54, 1.807) is 18.2 Å². The molecule has 5 rings (SSSR count). The number of hydrogen-bond donors (Lipinski definition) is 2. The quantitative estimate of drug-likeness (QED) is 0.623. The van der Waals surface area contributed by atoms with Crippen LogP contribution in [0.2, 0.25) is 0 Å². The molecule has 1 amide bonds. The number of carbonyl (C=O) groups is 1. The van der Waals surface area contributed by atoms with Gasteiger partial charge >= 0.3 is 0 Å². The first-order valence-electron chi connectivity index (χ1n) is 11.1. The molecule has 33 heavy (non-hydrogen) atoms. The molecule has 8 heteroatoms. The lowest BCUT2D eigenvalue weighted by Crippen LogP contribution is -2.54. The van der Waals surface area contributed by atoms with E-state index < -0.39 is 18.0 Å². The lowest BCUT2D eigenvalue weighted by molar-refractivity contribution is 0.00249. The maximum absolute atomic E-state index is 13.7. The van der Waals surface area contributed by atoms with E-state index in [9.17, 15) is 14.3 Å². The standard InChI is InChI=1S/C25H25FN4O3/c26-18-6-3-7-19(12-18)33-22-13-21(29-25(32)20-8-10-27-15-28-20)23(24(22)31)30-11-9-16-4-1-2-5-17(16)14-30/h1-8,10,12,15,21-24,31H,9,11,13-14H2,(H,29,32)/t21-,22-,23+,24+/m1/s1. The third kappa shape index (κ3) is 4.58. The number of halogens is 1. The molecule has 1 aliphatic carbocycles. The lowest BCUT2D eigenvalue weighted by Gasteiger charge is -2.38. The van der Waals surface area contributed by atoms with Crippen LogP contribution in [-0.2, 0) is 13.0 Å². The molecule has 0 saturated heterocycles. The Bertz CT molecular complexity index is 1130. The smallest absolute Gasteiger partial charge is 0.270 e. The van der Waals surface area contributed by atoms with Crippen molar-refractivity contribution < 1.29 is 19.0 Å². The van der Waals surface area contributed by atoms with Crippen LogP contribution in [-0.4, -0.2) is 56.7 Å². The molecule has 0 bridgehead atoms. The third-order valence-electron chi connectivity index (χ3n) is 6.43. The molecule has 3 aromatic rings. The number of ether oxygens (including phenoxy) is 1. The van der Waals surface area contributed by atoms with Crippen LogP contribution in [0.5, 0.6) is 5.75 Å². The van der Waals surface area contributed by atoms with Crippen LogP contribution in [0.3, 0.4) is 0 Å². The maximum atomic E-state index is 13.7. The van der Waals surface area contributed by atoms with E-state index in [0.29, 0.717) is 18.7 Å². The zero-order valence-electron chi connectivity index (χ0n) is 18.0. The molecule has 2 N–H and O–H groups in total. The number of aliphatic hydroxyl groups is 1. The molecule has 7 nitrogen and oxygen atoms in total. The van der Waals surface area contributed by atoms with Gasteiger partial charge in [0, 0.05) is 31.8 Å². The van der Waals surface area contributed by atoms with E-state index in [-0.39, 0.29) is 23.7 Å². The van der Waals surface area contributed by atoms with Crippen molar-refractivity contribution in [3.63, 3.8) is 0 Å². The van der Waals surface area contributed by atoms with Gasteiger partial charge in [-0.25, -0.2) is 14.4 Å². The van der Waals surface area contributed by atoms with Crippen molar-refractivity contribution in [2.24, 2.45) is 0 Å². The summed E-state index contributed by atoms with van der Waals surface area (Å²) in [6.45, 7) is 1.43. The van der Waals surface area contributed by atoms with Gasteiger partial charge in [-0.15, -0.1) is 0 Å². The highest BCUT2D eigenvalue weighted by molar-refractivity contribution is 5.92. The Morgan fingerprint density at radius 1 is 1.15 bits per heavy atom. The molecule has 2 aliphatic rings. The van der Waals surface area contributed by atoms with Gasteiger partial charge in [0.15, 0.2) is 0 Å². The predicted octanol–water partition coefficient (Wildman–Crippen LogP) is 2.35. The van der Waals surface area contributed by atoms with Crippen LogP contribution in [0.25, 0.3) is 0 Å². The van der Waals surface area contributed by atoms with Crippen molar-refractivity contribution in [1.29, 1.82) is 0 Å². The number of nitrogens with one attached hydrogen (secondary N) is 1. The van der Waals surface area contributed by atoms with Gasteiger partial charge in [-0.3, -0.25) is 9.69 Å². The summed E-state index contributed by atoms with van der Waals surface area (Å²) in [5, 5.41) is 14.3. The van der Waals surface area contributed by atoms with E-state index in [1.165, 1.54) is 35.8 Å². The predicted molar refractivity (Wildman–Crippen MR) is 119 cm³/mol. The van der Waals surface area contributed by atoms with Crippen molar-refractivity contribution in [2.75, 3.05) is 6.54 Å². The number of fused-ring (bicyclic) bond motifs is 1. The van der Waals surface area contributed by atoms with Gasteiger partial charge in [0.1, 0.15) is 35.8 Å². The van der Waals surface area contributed by atoms with Gasteiger partial charge in [0.2, 0.25) is 0 Å². The normalized spacial score (nSPS) is 24.8. The van der Waals surface area contributed by atoms with Gasteiger partial charge in [0.05, 0.1) is 12.1 Å². The monoisotopic (exact) mass is 448 g/mol. The summed E-state index contributed by atoms with van der Waals surface area (Å²) in [5.74, 6) is -0.384. The molecule has 2 heterocycles. The van der Waals surface area contributed by atoms with Crippen LogP contribution >= 0.6 is 0 Å². The minimum atomic E-state index is -0.866. The zero-order valence-corrected chi connectivity index (χ0v) is 18.0. The van der Waals surface area contributed by atoms with Crippen molar-refractivity contribution in [3.8, 4) is 5.75 Å². The molecule has 2 aromatic carbocycles. The van der Waals surface area contributed by atoms with E-state index in [4.69, 9.17) is 4.74 Å². The lowest BCUT2D eigenvalue weighted by atomic mass is 9.97. The second-order valence-electron chi connectivity index (χ2n) is 8.49. The van der Waals surface area contributed by atoms with Crippen LogP contribution in [0.1, 0.15) is 28.0 Å². The van der Waals surface area contributed by atoms with E-state index in [2.05, 4.69) is 32.3 Å². The summed E-state index contributed by atoms with van der Waals surface area (Å²) in [7, 11) is 0. The average molecular weight is 448 g/mol. The SMILES string of the molecule is O=C(N[C@@H]1C[C@@H](Oc2cccc(F)c2)[C@H](O)[C@H]1N1CCc2ccccc2C1)c1ccncn1. The van der Waals surface area contributed by atoms with Crippen LogP contribution in [0.15, 0.2) is 67.1 Å². The highest BCUT2D eigenvalue weighted by atomic mass is 19.1. The first-order valence-corrected chi connectivity index (χ1v) is 11.1. The summed E-state index contributed by atoms with van der Waals surface area (Å²) in [5.41, 5.74) is 2.78. The molecule has 0 unspecified atom stereocenters. The maximum Gasteiger partial charge on any atom is 0.270 e. The highest BCUT2D eigenvalue weighted by Gasteiger charge is 2.48. The molecule has 0 radical (unpaired) electrons. The Morgan fingerprint density at radius 3 is 2.79 bits per heavy atom. The van der Waals surface area contributed by atoms with Crippen LogP contribution in [0.4, 0.5) is 4.39 Å². The Labute approximate surface area is 191 Å². The van der Waals surface area contributed by atoms with Gasteiger partial charge in [0.25, 0.3) is 5.91 Å². The molecule has 1 aliphatic heterocycles. The van der Waals surface area contributed by atoms with Crippen molar-refractivity contribution in [2.45, 2.75) is 43.7 Å². The number of benzene rings is 2. The minimum absolute atomic E-state index is 0.261. The number of hydrogen-bond acceptors (Lipinski definition) is 6. The van der Waals surface area contributed by atoms with Crippen LogP contribution in [0, 0.1) is 5.82 Å². The Morgan fingerprint density at radius 2 is 2.00 bits per heavy atom. The number of amides is 1. The van der Waals surface area contributed by atoms with Gasteiger partial charge in [-0.2, -0.15) is 0 Å². The summed E-state index contributed by atoms with van der Waals surface area (Å²) in [6.07, 6.45) is 2.63. The second kappa shape index (κ2) is 9.25. The fraction of sp³-hybridized carbons (Fsp3) is 0.320. The first kappa shape index (κ1) is 21.5. The molecule has 1 fully saturated rings. The number of aromatic nitrogens is 2. The molecule has 4 atom stereocenters. The summed E-state index contributed by atoms with van der Waals surface area (Å²) in [6, 6.07) is 15.0. The van der Waals surface area contributed by atoms with Gasteiger partial charge < -0.3 is 15.2 Å². The van der Waals surface area contributed by atoms with Crippen LogP contribution < -0.4 is 10.1 Å². The number of aliphatic hydroxyl groups excluding tert-OH is 1. The van der Waals surface area contributed by atoms with Gasteiger partial charge in [-0.05, 0) is 35.7 Å². The minimum Gasteiger partial charge on any atom is -0.487 e. The number of nitrogens with zero attached hydrogens (tertiary/aromatic N) is 3. The zero-order chi connectivity index (χ0) is 22.8. The summed E-state index contributed by atoms with van der Waals surface area (Å²) < 4.78 is 19.6. The number of rotatable bonds is 5. The topological polar surface area (TPSA) is 87.6 Å². The molecular weight excluding hydrogens is 423 g/mol. The summed E-state index contributed by atoms with van der Waals surface area (Å²) >= 11 is 0. The Balaban J connectivity index is 1.39. The van der Waals surface area contributed by atoms with Crippen molar-refractivity contribution >= 4 is 5.91 Å². The second-order valence-corrected chi connectivity index (χ2v) is 8.49. The first-order chi connectivity index (χ1) is 16.1. The molecular formula is C25H25FN4O3. The van der Waals surface area contributed by atoms with Crippen molar-refractivity contribution in [1.82, 2.24) is 20.2 Å². The fourth-order valence-electron chi connectivity index (χ4n) is 4.87. The molecule has 170 valence electrons. The third-order valence-corrected chi connectivity index (χ3v) is 6.43. The Kier molecular flexibility index (Phi) is 6.02. The number of carbonyl (C=O) groups excluding carboxylic acids is 1. The van der Waals surface area contributed by atoms with E-state index >= 15 is 0 Å². The molecule has 0 spiro atoms. The average Bonchev–Trinajstić information content (AvgIpc) is 3.13. The highest BCUT2D eigenvalue weighted by Crippen LogP contribution is 2.32. The van der Waals surface area contributed by atoms with E-state index in [0.717, 1.165) is 13.0 Å².